The first-order valence-corrected chi connectivity index (χ1v) is 5.28. The zero-order valence-electron chi connectivity index (χ0n) is 10.1. The number of aliphatic hydroxyl groups excluding tert-OH is 4. The number of carbonyl (C=O) groups is 1. The van der Waals surface area contributed by atoms with Crippen LogP contribution in [0.1, 0.15) is 13.3 Å². The SMILES string of the molecule is C=CC(=O)OCCO.CCC(CO)(CO)CO. The molecule has 0 aliphatic heterocycles. The van der Waals surface area contributed by atoms with Crippen molar-refractivity contribution in [3.05, 3.63) is 12.7 Å². The van der Waals surface area contributed by atoms with E-state index >= 15 is 0 Å². The predicted molar refractivity (Wildman–Crippen MR) is 62.2 cm³/mol. The smallest absolute Gasteiger partial charge is 0.330 e. The maximum absolute atomic E-state index is 10.1. The number of hydrogen-bond acceptors (Lipinski definition) is 6. The fraction of sp³-hybridized carbons (Fsp3) is 0.727. The number of carbonyl (C=O) groups excluding carboxylic acids is 1. The zero-order chi connectivity index (χ0) is 13.7. The van der Waals surface area contributed by atoms with Crippen LogP contribution >= 0.6 is 0 Å². The molecule has 0 aliphatic carbocycles. The van der Waals surface area contributed by atoms with Gasteiger partial charge in [-0.1, -0.05) is 13.5 Å². The van der Waals surface area contributed by atoms with Crippen molar-refractivity contribution >= 4 is 5.97 Å². The van der Waals surface area contributed by atoms with Gasteiger partial charge in [0.15, 0.2) is 0 Å². The van der Waals surface area contributed by atoms with Crippen molar-refractivity contribution < 1.29 is 30.0 Å². The summed E-state index contributed by atoms with van der Waals surface area (Å²) < 4.78 is 4.33. The van der Waals surface area contributed by atoms with Crippen molar-refractivity contribution in [3.63, 3.8) is 0 Å². The molecule has 0 heterocycles. The monoisotopic (exact) mass is 250 g/mol. The highest BCUT2D eigenvalue weighted by molar-refractivity contribution is 5.81. The Hall–Kier alpha value is -0.950. The quantitative estimate of drug-likeness (QED) is 0.343. The van der Waals surface area contributed by atoms with Crippen LogP contribution in [0.25, 0.3) is 0 Å². The highest BCUT2D eigenvalue weighted by Gasteiger charge is 2.24. The van der Waals surface area contributed by atoms with Crippen molar-refractivity contribution in [3.8, 4) is 0 Å². The largest absolute Gasteiger partial charge is 0.460 e. The summed E-state index contributed by atoms with van der Waals surface area (Å²) in [5, 5.41) is 34.1. The average Bonchev–Trinajstić information content (AvgIpc) is 2.40. The minimum atomic E-state index is -0.667. The molecule has 0 radical (unpaired) electrons. The fourth-order valence-electron chi connectivity index (χ4n) is 0.691. The Morgan fingerprint density at radius 3 is 1.88 bits per heavy atom. The second-order valence-electron chi connectivity index (χ2n) is 3.42. The third kappa shape index (κ3) is 8.82. The van der Waals surface area contributed by atoms with E-state index in [-0.39, 0.29) is 33.0 Å². The average molecular weight is 250 g/mol. The van der Waals surface area contributed by atoms with E-state index in [2.05, 4.69) is 11.3 Å². The molecule has 6 heteroatoms. The van der Waals surface area contributed by atoms with E-state index in [1.54, 1.807) is 0 Å². The van der Waals surface area contributed by atoms with Crippen molar-refractivity contribution in [1.82, 2.24) is 0 Å². The minimum Gasteiger partial charge on any atom is -0.460 e. The summed E-state index contributed by atoms with van der Waals surface area (Å²) in [7, 11) is 0. The molecule has 0 aliphatic rings. The van der Waals surface area contributed by atoms with Crippen LogP contribution in [-0.4, -0.2) is 59.4 Å². The molecule has 0 atom stereocenters. The van der Waals surface area contributed by atoms with Crippen LogP contribution in [0.15, 0.2) is 12.7 Å². The maximum Gasteiger partial charge on any atom is 0.330 e. The molecule has 0 aromatic heterocycles. The molecule has 0 saturated carbocycles. The van der Waals surface area contributed by atoms with E-state index in [0.29, 0.717) is 6.42 Å². The molecule has 0 saturated heterocycles. The van der Waals surface area contributed by atoms with Gasteiger partial charge < -0.3 is 25.2 Å². The third-order valence-corrected chi connectivity index (χ3v) is 2.26. The van der Waals surface area contributed by atoms with Crippen LogP contribution in [0.3, 0.4) is 0 Å². The van der Waals surface area contributed by atoms with E-state index in [1.165, 1.54) is 0 Å². The van der Waals surface area contributed by atoms with Crippen LogP contribution in [0.2, 0.25) is 0 Å². The highest BCUT2D eigenvalue weighted by atomic mass is 16.5. The van der Waals surface area contributed by atoms with E-state index in [0.717, 1.165) is 6.08 Å². The van der Waals surface area contributed by atoms with Crippen molar-refractivity contribution in [2.24, 2.45) is 5.41 Å². The minimum absolute atomic E-state index is 0.0465. The van der Waals surface area contributed by atoms with Crippen LogP contribution < -0.4 is 0 Å². The molecule has 0 bridgehead atoms. The zero-order valence-corrected chi connectivity index (χ0v) is 10.1. The molecule has 102 valence electrons. The van der Waals surface area contributed by atoms with Gasteiger partial charge in [-0.25, -0.2) is 4.79 Å². The first-order valence-electron chi connectivity index (χ1n) is 5.28. The Morgan fingerprint density at radius 2 is 1.71 bits per heavy atom. The third-order valence-electron chi connectivity index (χ3n) is 2.26. The second-order valence-corrected chi connectivity index (χ2v) is 3.42. The molecule has 4 N–H and O–H groups in total. The first-order chi connectivity index (χ1) is 8.05. The van der Waals surface area contributed by atoms with Gasteiger partial charge in [0.25, 0.3) is 0 Å². The van der Waals surface area contributed by atoms with E-state index in [9.17, 15) is 4.79 Å². The number of rotatable bonds is 7. The molecular weight excluding hydrogens is 228 g/mol. The van der Waals surface area contributed by atoms with Gasteiger partial charge in [0.2, 0.25) is 0 Å². The predicted octanol–water partition coefficient (Wildman–Crippen LogP) is -0.932. The lowest BCUT2D eigenvalue weighted by molar-refractivity contribution is -0.138. The van der Waals surface area contributed by atoms with E-state index in [1.807, 2.05) is 6.92 Å². The summed E-state index contributed by atoms with van der Waals surface area (Å²) in [5.41, 5.74) is -0.667. The molecule has 0 aromatic rings. The second kappa shape index (κ2) is 11.5. The maximum atomic E-state index is 10.1. The molecule has 0 rings (SSSR count). The first kappa shape index (κ1) is 18.4. The van der Waals surface area contributed by atoms with Crippen molar-refractivity contribution in [1.29, 1.82) is 0 Å². The summed E-state index contributed by atoms with van der Waals surface area (Å²) in [4.78, 5) is 10.1. The summed E-state index contributed by atoms with van der Waals surface area (Å²) >= 11 is 0. The molecule has 0 amide bonds. The molecule has 0 spiro atoms. The van der Waals surface area contributed by atoms with Gasteiger partial charge in [-0.15, -0.1) is 0 Å². The molecule has 0 aromatic carbocycles. The molecule has 0 unspecified atom stereocenters. The number of aliphatic hydroxyl groups is 4. The van der Waals surface area contributed by atoms with Crippen molar-refractivity contribution in [2.75, 3.05) is 33.0 Å². The lowest BCUT2D eigenvalue weighted by atomic mass is 9.88. The summed E-state index contributed by atoms with van der Waals surface area (Å²) in [5.74, 6) is -0.501. The highest BCUT2D eigenvalue weighted by Crippen LogP contribution is 2.18. The Kier molecular flexibility index (Phi) is 12.5. The summed E-state index contributed by atoms with van der Waals surface area (Å²) in [6.45, 7) is 4.42. The van der Waals surface area contributed by atoms with Crippen LogP contribution in [0.4, 0.5) is 0 Å². The lowest BCUT2D eigenvalue weighted by Gasteiger charge is -2.24. The van der Waals surface area contributed by atoms with Gasteiger partial charge >= 0.3 is 5.97 Å². The molecule has 17 heavy (non-hydrogen) atoms. The van der Waals surface area contributed by atoms with Gasteiger partial charge in [-0.2, -0.15) is 0 Å². The molecular formula is C11H22O6. The topological polar surface area (TPSA) is 107 Å². The van der Waals surface area contributed by atoms with Crippen molar-refractivity contribution in [2.45, 2.75) is 13.3 Å². The van der Waals surface area contributed by atoms with Crippen LogP contribution in [0.5, 0.6) is 0 Å². The Labute approximate surface area is 101 Å². The van der Waals surface area contributed by atoms with E-state index < -0.39 is 11.4 Å². The number of hydrogen-bond donors (Lipinski definition) is 4. The summed E-state index contributed by atoms with van der Waals surface area (Å²) in [6.07, 6.45) is 1.64. The Bertz CT molecular complexity index is 183. The van der Waals surface area contributed by atoms with Crippen LogP contribution in [-0.2, 0) is 9.53 Å². The fourth-order valence-corrected chi connectivity index (χ4v) is 0.691. The molecule has 0 fully saturated rings. The number of ether oxygens (including phenoxy) is 1. The van der Waals surface area contributed by atoms with E-state index in [4.69, 9.17) is 20.4 Å². The van der Waals surface area contributed by atoms with Gasteiger partial charge in [0, 0.05) is 11.5 Å². The van der Waals surface area contributed by atoms with Gasteiger partial charge in [-0.05, 0) is 6.42 Å². The van der Waals surface area contributed by atoms with Gasteiger partial charge in [0.05, 0.1) is 26.4 Å². The normalized spacial score (nSPS) is 10.2. The standard InChI is InChI=1S/C6H14O3.C5H8O3/c1-2-6(3-7,4-8)5-9;1-2-5(7)8-4-3-6/h7-9H,2-5H2,1H3;2,6H,1,3-4H2. The Balaban J connectivity index is 0. The Morgan fingerprint density at radius 1 is 1.24 bits per heavy atom. The van der Waals surface area contributed by atoms with Gasteiger partial charge in [-0.3, -0.25) is 0 Å². The number of esters is 1. The molecule has 6 nitrogen and oxygen atoms in total. The van der Waals surface area contributed by atoms with Crippen LogP contribution in [0, 0.1) is 5.41 Å². The summed E-state index contributed by atoms with van der Waals surface area (Å²) in [6, 6.07) is 0. The lowest BCUT2D eigenvalue weighted by Crippen LogP contribution is -2.32. The van der Waals surface area contributed by atoms with Gasteiger partial charge in [0.1, 0.15) is 6.61 Å².